The Morgan fingerprint density at radius 2 is 2.04 bits per heavy atom. The standard InChI is InChI=1S/C18H14N2O4/c1-10-5-15-14(7-17(10)24-2)11(8-19)9-20(15)12-3-4-13(18(22)23)16(21)6-12/h3-7,9,21H,1-2H3,(H,22,23). The van der Waals surface area contributed by atoms with E-state index in [1.165, 1.54) is 12.1 Å². The molecule has 3 rings (SSSR count). The van der Waals surface area contributed by atoms with Crippen LogP contribution in [0.3, 0.4) is 0 Å². The molecule has 2 aromatic carbocycles. The van der Waals surface area contributed by atoms with Crippen molar-refractivity contribution in [1.29, 1.82) is 5.26 Å². The molecular weight excluding hydrogens is 308 g/mol. The summed E-state index contributed by atoms with van der Waals surface area (Å²) in [5.41, 5.74) is 2.53. The lowest BCUT2D eigenvalue weighted by Crippen LogP contribution is -1.99. The van der Waals surface area contributed by atoms with Gasteiger partial charge in [0.1, 0.15) is 23.1 Å². The molecule has 0 aliphatic rings. The van der Waals surface area contributed by atoms with Gasteiger partial charge < -0.3 is 19.5 Å². The average Bonchev–Trinajstić information content (AvgIpc) is 2.91. The highest BCUT2D eigenvalue weighted by Crippen LogP contribution is 2.32. The van der Waals surface area contributed by atoms with E-state index < -0.39 is 5.97 Å². The number of hydrogen-bond acceptors (Lipinski definition) is 4. The predicted octanol–water partition coefficient (Wildman–Crippen LogP) is 3.22. The van der Waals surface area contributed by atoms with Crippen LogP contribution >= 0.6 is 0 Å². The van der Waals surface area contributed by atoms with Crippen LogP contribution in [0.15, 0.2) is 36.5 Å². The highest BCUT2D eigenvalue weighted by Gasteiger charge is 2.15. The van der Waals surface area contributed by atoms with Crippen LogP contribution in [-0.2, 0) is 0 Å². The van der Waals surface area contributed by atoms with Crippen LogP contribution in [-0.4, -0.2) is 27.9 Å². The first-order chi connectivity index (χ1) is 11.5. The second kappa shape index (κ2) is 5.63. The first-order valence-corrected chi connectivity index (χ1v) is 7.12. The zero-order valence-electron chi connectivity index (χ0n) is 13.1. The third-order valence-corrected chi connectivity index (χ3v) is 3.93. The molecule has 6 nitrogen and oxygen atoms in total. The molecule has 0 saturated carbocycles. The maximum absolute atomic E-state index is 11.0. The van der Waals surface area contributed by atoms with Gasteiger partial charge in [0, 0.05) is 23.3 Å². The average molecular weight is 322 g/mol. The summed E-state index contributed by atoms with van der Waals surface area (Å²) >= 11 is 0. The number of carboxylic acid groups (broad SMARTS) is 1. The number of rotatable bonds is 3. The van der Waals surface area contributed by atoms with E-state index in [0.29, 0.717) is 17.0 Å². The van der Waals surface area contributed by atoms with E-state index >= 15 is 0 Å². The van der Waals surface area contributed by atoms with Gasteiger partial charge in [-0.3, -0.25) is 0 Å². The number of nitrogens with zero attached hydrogens (tertiary/aromatic N) is 2. The first kappa shape index (κ1) is 15.4. The molecule has 0 bridgehead atoms. The van der Waals surface area contributed by atoms with Crippen LogP contribution in [0.1, 0.15) is 21.5 Å². The molecule has 0 unspecified atom stereocenters. The van der Waals surface area contributed by atoms with Gasteiger partial charge in [-0.15, -0.1) is 0 Å². The summed E-state index contributed by atoms with van der Waals surface area (Å²) in [6.07, 6.45) is 1.65. The highest BCUT2D eigenvalue weighted by atomic mass is 16.5. The van der Waals surface area contributed by atoms with Gasteiger partial charge in [0.25, 0.3) is 0 Å². The van der Waals surface area contributed by atoms with Crippen LogP contribution in [0.4, 0.5) is 0 Å². The Hall–Kier alpha value is -3.46. The number of aromatic carboxylic acids is 1. The second-order valence-corrected chi connectivity index (χ2v) is 5.37. The molecule has 24 heavy (non-hydrogen) atoms. The molecular formula is C18H14N2O4. The molecule has 0 fully saturated rings. The summed E-state index contributed by atoms with van der Waals surface area (Å²) in [7, 11) is 1.57. The summed E-state index contributed by atoms with van der Waals surface area (Å²) in [6, 6.07) is 10.1. The van der Waals surface area contributed by atoms with Crippen molar-refractivity contribution < 1.29 is 19.7 Å². The number of aryl methyl sites for hydroxylation is 1. The number of aromatic nitrogens is 1. The van der Waals surface area contributed by atoms with Crippen molar-refractivity contribution in [3.05, 3.63) is 53.2 Å². The van der Waals surface area contributed by atoms with Crippen molar-refractivity contribution in [3.8, 4) is 23.3 Å². The van der Waals surface area contributed by atoms with E-state index in [-0.39, 0.29) is 11.3 Å². The smallest absolute Gasteiger partial charge is 0.339 e. The number of benzene rings is 2. The number of carboxylic acids is 1. The molecule has 0 amide bonds. The lowest BCUT2D eigenvalue weighted by Gasteiger charge is -2.09. The van der Waals surface area contributed by atoms with Gasteiger partial charge >= 0.3 is 5.97 Å². The maximum Gasteiger partial charge on any atom is 0.339 e. The maximum atomic E-state index is 11.0. The van der Waals surface area contributed by atoms with Gasteiger partial charge in [0.15, 0.2) is 0 Å². The zero-order chi connectivity index (χ0) is 17.4. The Labute approximate surface area is 137 Å². The lowest BCUT2D eigenvalue weighted by atomic mass is 10.1. The van der Waals surface area contributed by atoms with Gasteiger partial charge in [-0.25, -0.2) is 4.79 Å². The molecule has 6 heteroatoms. The number of nitriles is 1. The zero-order valence-corrected chi connectivity index (χ0v) is 13.1. The molecule has 1 heterocycles. The fourth-order valence-corrected chi connectivity index (χ4v) is 2.73. The monoisotopic (exact) mass is 322 g/mol. The van der Waals surface area contributed by atoms with Crippen molar-refractivity contribution in [1.82, 2.24) is 4.57 Å². The number of carbonyl (C=O) groups is 1. The van der Waals surface area contributed by atoms with Crippen molar-refractivity contribution in [2.75, 3.05) is 7.11 Å². The second-order valence-electron chi connectivity index (χ2n) is 5.37. The lowest BCUT2D eigenvalue weighted by molar-refractivity contribution is 0.0694. The van der Waals surface area contributed by atoms with Crippen LogP contribution < -0.4 is 4.74 Å². The Kier molecular flexibility index (Phi) is 3.62. The third kappa shape index (κ3) is 2.32. The minimum atomic E-state index is -1.20. The summed E-state index contributed by atoms with van der Waals surface area (Å²) in [4.78, 5) is 11.0. The minimum absolute atomic E-state index is 0.173. The molecule has 3 aromatic rings. The van der Waals surface area contributed by atoms with Crippen LogP contribution in [0.5, 0.6) is 11.5 Å². The van der Waals surface area contributed by atoms with E-state index in [4.69, 9.17) is 9.84 Å². The molecule has 0 saturated heterocycles. The van der Waals surface area contributed by atoms with Gasteiger partial charge in [0.05, 0.1) is 18.2 Å². The number of ether oxygens (including phenoxy) is 1. The third-order valence-electron chi connectivity index (χ3n) is 3.93. The van der Waals surface area contributed by atoms with Crippen LogP contribution in [0, 0.1) is 18.3 Å². The minimum Gasteiger partial charge on any atom is -0.507 e. The molecule has 2 N–H and O–H groups in total. The van der Waals surface area contributed by atoms with E-state index in [0.717, 1.165) is 16.5 Å². The molecule has 0 aliphatic carbocycles. The van der Waals surface area contributed by atoms with Crippen molar-refractivity contribution >= 4 is 16.9 Å². The molecule has 120 valence electrons. The summed E-state index contributed by atoms with van der Waals surface area (Å²) in [5, 5.41) is 29.0. The largest absolute Gasteiger partial charge is 0.507 e. The predicted molar refractivity (Wildman–Crippen MR) is 87.9 cm³/mol. The molecule has 0 spiro atoms. The van der Waals surface area contributed by atoms with E-state index in [2.05, 4.69) is 6.07 Å². The van der Waals surface area contributed by atoms with Gasteiger partial charge in [0.2, 0.25) is 0 Å². The van der Waals surface area contributed by atoms with E-state index in [9.17, 15) is 15.2 Å². The number of aromatic hydroxyl groups is 1. The van der Waals surface area contributed by atoms with Gasteiger partial charge in [-0.05, 0) is 36.8 Å². The fraction of sp³-hybridized carbons (Fsp3) is 0.111. The SMILES string of the molecule is COc1cc2c(C#N)cn(-c3ccc(C(=O)O)c(O)c3)c2cc1C. The number of fused-ring (bicyclic) bond motifs is 1. The van der Waals surface area contributed by atoms with Crippen LogP contribution in [0.2, 0.25) is 0 Å². The van der Waals surface area contributed by atoms with Gasteiger partial charge in [-0.1, -0.05) is 0 Å². The Morgan fingerprint density at radius 3 is 2.62 bits per heavy atom. The van der Waals surface area contributed by atoms with Crippen molar-refractivity contribution in [2.24, 2.45) is 0 Å². The molecule has 0 radical (unpaired) electrons. The van der Waals surface area contributed by atoms with E-state index in [1.54, 1.807) is 30.0 Å². The number of methoxy groups -OCH3 is 1. The Morgan fingerprint density at radius 1 is 1.29 bits per heavy atom. The number of hydrogen-bond donors (Lipinski definition) is 2. The number of phenols is 1. The summed E-state index contributed by atoms with van der Waals surface area (Å²) in [5.74, 6) is -0.846. The molecule has 0 aliphatic heterocycles. The topological polar surface area (TPSA) is 95.5 Å². The molecule has 1 aromatic heterocycles. The summed E-state index contributed by atoms with van der Waals surface area (Å²) in [6.45, 7) is 1.90. The van der Waals surface area contributed by atoms with Crippen molar-refractivity contribution in [2.45, 2.75) is 6.92 Å². The van der Waals surface area contributed by atoms with E-state index in [1.807, 2.05) is 13.0 Å². The Balaban J connectivity index is 2.27. The van der Waals surface area contributed by atoms with Gasteiger partial charge in [-0.2, -0.15) is 5.26 Å². The van der Waals surface area contributed by atoms with Crippen molar-refractivity contribution in [3.63, 3.8) is 0 Å². The normalized spacial score (nSPS) is 10.5. The first-order valence-electron chi connectivity index (χ1n) is 7.12. The Bertz CT molecular complexity index is 1010. The summed E-state index contributed by atoms with van der Waals surface area (Å²) < 4.78 is 7.05. The molecule has 0 atom stereocenters. The quantitative estimate of drug-likeness (QED) is 0.772. The fourth-order valence-electron chi connectivity index (χ4n) is 2.73. The highest BCUT2D eigenvalue weighted by molar-refractivity contribution is 5.92. The van der Waals surface area contributed by atoms with Crippen LogP contribution in [0.25, 0.3) is 16.6 Å².